The van der Waals surface area contributed by atoms with Gasteiger partial charge in [0.25, 0.3) is 5.56 Å². The average molecular weight is 457 g/mol. The summed E-state index contributed by atoms with van der Waals surface area (Å²) in [7, 11) is 3.11. The van der Waals surface area contributed by atoms with Crippen molar-refractivity contribution in [1.82, 2.24) is 14.9 Å². The largest absolute Gasteiger partial charge is 0.497 e. The summed E-state index contributed by atoms with van der Waals surface area (Å²) in [6.45, 7) is 5.01. The van der Waals surface area contributed by atoms with Crippen molar-refractivity contribution >= 4 is 16.6 Å². The number of methoxy groups -OCH3 is 2. The standard InChI is InChI=1S/C27H28N4O3/c1-33-22-16-23-25(24(17-22)34-2)27(32)29-26(28-23)20-8-10-21(11-9-20)31-14-12-30(13-15-31)18-19-6-4-3-5-7-19/h3-11,16-17H,12-15,18H2,1-2H3,(H,28,29,32). The van der Waals surface area contributed by atoms with Gasteiger partial charge in [0, 0.05) is 56.1 Å². The lowest BCUT2D eigenvalue weighted by atomic mass is 10.1. The zero-order valence-electron chi connectivity index (χ0n) is 19.5. The minimum absolute atomic E-state index is 0.238. The van der Waals surface area contributed by atoms with Crippen LogP contribution >= 0.6 is 0 Å². The summed E-state index contributed by atoms with van der Waals surface area (Å²) in [5, 5.41) is 0.414. The molecule has 1 aromatic heterocycles. The van der Waals surface area contributed by atoms with Crippen LogP contribution in [0, 0.1) is 0 Å². The molecule has 0 amide bonds. The molecule has 174 valence electrons. The maximum absolute atomic E-state index is 12.8. The number of fused-ring (bicyclic) bond motifs is 1. The fraction of sp³-hybridized carbons (Fsp3) is 0.259. The van der Waals surface area contributed by atoms with Crippen molar-refractivity contribution < 1.29 is 9.47 Å². The molecule has 4 aromatic rings. The van der Waals surface area contributed by atoms with Crippen molar-refractivity contribution in [1.29, 1.82) is 0 Å². The molecular formula is C27H28N4O3. The summed E-state index contributed by atoms with van der Waals surface area (Å²) in [5.74, 6) is 1.55. The van der Waals surface area contributed by atoms with Crippen LogP contribution in [0.25, 0.3) is 22.3 Å². The van der Waals surface area contributed by atoms with Crippen LogP contribution in [0.4, 0.5) is 5.69 Å². The molecule has 0 saturated carbocycles. The number of rotatable bonds is 6. The van der Waals surface area contributed by atoms with E-state index in [1.165, 1.54) is 18.4 Å². The molecule has 0 atom stereocenters. The second kappa shape index (κ2) is 9.57. The van der Waals surface area contributed by atoms with E-state index in [0.717, 1.165) is 38.3 Å². The third kappa shape index (κ3) is 4.47. The quantitative estimate of drug-likeness (QED) is 0.474. The molecule has 0 spiro atoms. The first-order valence-electron chi connectivity index (χ1n) is 11.4. The third-order valence-corrected chi connectivity index (χ3v) is 6.33. The molecule has 1 aliphatic heterocycles. The molecule has 1 saturated heterocycles. The second-order valence-corrected chi connectivity index (χ2v) is 8.43. The summed E-state index contributed by atoms with van der Waals surface area (Å²) < 4.78 is 10.7. The van der Waals surface area contributed by atoms with E-state index >= 15 is 0 Å². The maximum Gasteiger partial charge on any atom is 0.262 e. The van der Waals surface area contributed by atoms with Crippen LogP contribution in [0.2, 0.25) is 0 Å². The Morgan fingerprint density at radius 3 is 2.32 bits per heavy atom. The Hall–Kier alpha value is -3.84. The van der Waals surface area contributed by atoms with Crippen molar-refractivity contribution in [3.63, 3.8) is 0 Å². The summed E-state index contributed by atoms with van der Waals surface area (Å²) in [6, 6.07) is 22.3. The molecule has 0 bridgehead atoms. The number of ether oxygens (including phenoxy) is 2. The summed E-state index contributed by atoms with van der Waals surface area (Å²) in [6.07, 6.45) is 0. The topological polar surface area (TPSA) is 70.7 Å². The molecule has 1 fully saturated rings. The van der Waals surface area contributed by atoms with E-state index in [2.05, 4.69) is 62.2 Å². The van der Waals surface area contributed by atoms with Crippen LogP contribution in [-0.2, 0) is 6.54 Å². The van der Waals surface area contributed by atoms with Crippen LogP contribution in [0.3, 0.4) is 0 Å². The van der Waals surface area contributed by atoms with E-state index in [9.17, 15) is 4.79 Å². The van der Waals surface area contributed by atoms with Gasteiger partial charge in [-0.1, -0.05) is 30.3 Å². The van der Waals surface area contributed by atoms with Crippen LogP contribution in [0.5, 0.6) is 11.5 Å². The van der Waals surface area contributed by atoms with Gasteiger partial charge < -0.3 is 19.4 Å². The summed E-state index contributed by atoms with van der Waals surface area (Å²) in [4.78, 5) is 25.3. The van der Waals surface area contributed by atoms with E-state index in [4.69, 9.17) is 9.47 Å². The molecule has 7 nitrogen and oxygen atoms in total. The van der Waals surface area contributed by atoms with Gasteiger partial charge in [-0.15, -0.1) is 0 Å². The molecule has 7 heteroatoms. The fourth-order valence-corrected chi connectivity index (χ4v) is 4.46. The predicted octanol–water partition coefficient (Wildman–Crippen LogP) is 3.93. The molecule has 2 heterocycles. The Morgan fingerprint density at radius 1 is 0.912 bits per heavy atom. The maximum atomic E-state index is 12.8. The predicted molar refractivity (Wildman–Crippen MR) is 135 cm³/mol. The Kier molecular flexibility index (Phi) is 6.18. The molecule has 5 rings (SSSR count). The lowest BCUT2D eigenvalue weighted by Crippen LogP contribution is -2.45. The van der Waals surface area contributed by atoms with Crippen molar-refractivity contribution in [2.24, 2.45) is 0 Å². The molecule has 0 unspecified atom stereocenters. The number of hydrogen-bond acceptors (Lipinski definition) is 6. The number of nitrogens with one attached hydrogen (secondary N) is 1. The number of aromatic amines is 1. The van der Waals surface area contributed by atoms with Gasteiger partial charge in [-0.3, -0.25) is 9.69 Å². The molecule has 0 aliphatic carbocycles. The third-order valence-electron chi connectivity index (χ3n) is 6.33. The van der Waals surface area contributed by atoms with Crippen LogP contribution in [0.15, 0.2) is 71.5 Å². The first-order valence-corrected chi connectivity index (χ1v) is 11.4. The highest BCUT2D eigenvalue weighted by Gasteiger charge is 2.18. The Labute approximate surface area is 198 Å². The average Bonchev–Trinajstić information content (AvgIpc) is 2.89. The van der Waals surface area contributed by atoms with Gasteiger partial charge in [-0.25, -0.2) is 4.98 Å². The summed E-state index contributed by atoms with van der Waals surface area (Å²) in [5.41, 5.74) is 3.68. The first kappa shape index (κ1) is 22.0. The Morgan fingerprint density at radius 2 is 1.65 bits per heavy atom. The zero-order chi connectivity index (χ0) is 23.5. The molecule has 3 aromatic carbocycles. The van der Waals surface area contributed by atoms with E-state index < -0.39 is 0 Å². The van der Waals surface area contributed by atoms with Crippen molar-refractivity contribution in [3.05, 3.63) is 82.6 Å². The van der Waals surface area contributed by atoms with Gasteiger partial charge in [0.05, 0.1) is 19.7 Å². The Balaban J connectivity index is 1.32. The number of anilines is 1. The number of hydrogen-bond donors (Lipinski definition) is 1. The normalized spacial score (nSPS) is 14.4. The van der Waals surface area contributed by atoms with Gasteiger partial charge in [0.2, 0.25) is 0 Å². The van der Waals surface area contributed by atoms with Gasteiger partial charge in [0.1, 0.15) is 22.7 Å². The molecule has 1 N–H and O–H groups in total. The fourth-order valence-electron chi connectivity index (χ4n) is 4.46. The lowest BCUT2D eigenvalue weighted by molar-refractivity contribution is 0.250. The number of aromatic nitrogens is 2. The van der Waals surface area contributed by atoms with E-state index in [-0.39, 0.29) is 5.56 Å². The van der Waals surface area contributed by atoms with Crippen molar-refractivity contribution in [3.8, 4) is 22.9 Å². The first-order chi connectivity index (χ1) is 16.6. The molecule has 1 aliphatic rings. The smallest absolute Gasteiger partial charge is 0.262 e. The number of piperazine rings is 1. The molecule has 34 heavy (non-hydrogen) atoms. The van der Waals surface area contributed by atoms with E-state index in [1.807, 2.05) is 12.1 Å². The minimum Gasteiger partial charge on any atom is -0.497 e. The van der Waals surface area contributed by atoms with E-state index in [0.29, 0.717) is 28.2 Å². The lowest BCUT2D eigenvalue weighted by Gasteiger charge is -2.36. The van der Waals surface area contributed by atoms with E-state index in [1.54, 1.807) is 19.2 Å². The monoisotopic (exact) mass is 456 g/mol. The highest BCUT2D eigenvalue weighted by molar-refractivity contribution is 5.87. The summed E-state index contributed by atoms with van der Waals surface area (Å²) >= 11 is 0. The molecular weight excluding hydrogens is 428 g/mol. The van der Waals surface area contributed by atoms with Crippen LogP contribution in [0.1, 0.15) is 5.56 Å². The second-order valence-electron chi connectivity index (χ2n) is 8.43. The highest BCUT2D eigenvalue weighted by atomic mass is 16.5. The van der Waals surface area contributed by atoms with Crippen LogP contribution < -0.4 is 19.9 Å². The van der Waals surface area contributed by atoms with Gasteiger partial charge in [-0.2, -0.15) is 0 Å². The van der Waals surface area contributed by atoms with Crippen molar-refractivity contribution in [2.45, 2.75) is 6.54 Å². The zero-order valence-corrected chi connectivity index (χ0v) is 19.5. The Bertz CT molecular complexity index is 1330. The molecule has 0 radical (unpaired) electrons. The number of benzene rings is 3. The van der Waals surface area contributed by atoms with Gasteiger partial charge in [-0.05, 0) is 29.8 Å². The number of H-pyrrole nitrogens is 1. The van der Waals surface area contributed by atoms with Crippen LogP contribution in [-0.4, -0.2) is 55.3 Å². The number of nitrogens with zero attached hydrogens (tertiary/aromatic N) is 3. The SMILES string of the molecule is COc1cc(OC)c2c(=O)[nH]c(-c3ccc(N4CCN(Cc5ccccc5)CC4)cc3)nc2c1. The highest BCUT2D eigenvalue weighted by Crippen LogP contribution is 2.29. The van der Waals surface area contributed by atoms with Gasteiger partial charge in [0.15, 0.2) is 0 Å². The minimum atomic E-state index is -0.238. The van der Waals surface area contributed by atoms with Gasteiger partial charge >= 0.3 is 0 Å². The van der Waals surface area contributed by atoms with Crippen molar-refractivity contribution in [2.75, 3.05) is 45.3 Å².